The van der Waals surface area contributed by atoms with Gasteiger partial charge < -0.3 is 15.0 Å². The van der Waals surface area contributed by atoms with Crippen molar-refractivity contribution in [3.05, 3.63) is 0 Å². The second-order valence-corrected chi connectivity index (χ2v) is 4.41. The molecule has 19 heavy (non-hydrogen) atoms. The van der Waals surface area contributed by atoms with Gasteiger partial charge >= 0.3 is 18.2 Å². The van der Waals surface area contributed by atoms with E-state index in [0.29, 0.717) is 0 Å². The predicted octanol–water partition coefficient (Wildman–Crippen LogP) is 1.50. The number of piperidine rings is 1. The van der Waals surface area contributed by atoms with Crippen LogP contribution in [-0.4, -0.2) is 54.7 Å². The monoisotopic (exact) mass is 302 g/mol. The molecular formula is C10H14ClF3N2O3. The smallest absolute Gasteiger partial charge is 0.448 e. The summed E-state index contributed by atoms with van der Waals surface area (Å²) in [5.41, 5.74) is 0. The van der Waals surface area contributed by atoms with Gasteiger partial charge in [-0.2, -0.15) is 13.2 Å². The molecule has 1 N–H and O–H groups in total. The quantitative estimate of drug-likeness (QED) is 0.804. The standard InChI is InChI=1S/C10H14ClF3N2O3/c11-3-6-19-9(18)16-4-1-7(2-5-16)15-8(17)10(12,13)14/h7H,1-6H2,(H,15,17). The maximum absolute atomic E-state index is 12.0. The Morgan fingerprint density at radius 3 is 2.37 bits per heavy atom. The van der Waals surface area contributed by atoms with Crippen LogP contribution in [0.4, 0.5) is 18.0 Å². The topological polar surface area (TPSA) is 58.6 Å². The summed E-state index contributed by atoms with van der Waals surface area (Å²) < 4.78 is 40.9. The van der Waals surface area contributed by atoms with Gasteiger partial charge in [0.25, 0.3) is 0 Å². The third-order valence-electron chi connectivity index (χ3n) is 2.65. The van der Waals surface area contributed by atoms with Gasteiger partial charge in [-0.05, 0) is 12.8 Å². The lowest BCUT2D eigenvalue weighted by atomic mass is 10.1. The molecule has 0 bridgehead atoms. The van der Waals surface area contributed by atoms with Crippen molar-refractivity contribution in [1.82, 2.24) is 10.2 Å². The molecule has 9 heteroatoms. The molecule has 110 valence electrons. The summed E-state index contributed by atoms with van der Waals surface area (Å²) in [6, 6.07) is -0.578. The summed E-state index contributed by atoms with van der Waals surface area (Å²) in [4.78, 5) is 23.5. The molecule has 1 aliphatic heterocycles. The molecule has 0 radical (unpaired) electrons. The molecule has 0 unspecified atom stereocenters. The summed E-state index contributed by atoms with van der Waals surface area (Å²) in [6.07, 6.45) is -4.90. The van der Waals surface area contributed by atoms with E-state index in [1.807, 2.05) is 5.32 Å². The summed E-state index contributed by atoms with van der Waals surface area (Å²) in [5, 5.41) is 1.90. The van der Waals surface area contributed by atoms with Crippen molar-refractivity contribution in [3.63, 3.8) is 0 Å². The minimum Gasteiger partial charge on any atom is -0.448 e. The highest BCUT2D eigenvalue weighted by Crippen LogP contribution is 2.17. The summed E-state index contributed by atoms with van der Waals surface area (Å²) in [7, 11) is 0. The molecular weight excluding hydrogens is 289 g/mol. The SMILES string of the molecule is O=C(OCCCl)N1CCC(NC(=O)C(F)(F)F)CC1. The number of carbonyl (C=O) groups is 2. The number of halogens is 4. The highest BCUT2D eigenvalue weighted by Gasteiger charge is 2.40. The number of hydrogen-bond acceptors (Lipinski definition) is 3. The molecule has 0 saturated carbocycles. The van der Waals surface area contributed by atoms with Crippen molar-refractivity contribution in [1.29, 1.82) is 0 Å². The fourth-order valence-corrected chi connectivity index (χ4v) is 1.77. The van der Waals surface area contributed by atoms with E-state index in [9.17, 15) is 22.8 Å². The second kappa shape index (κ2) is 6.83. The zero-order chi connectivity index (χ0) is 14.5. The molecule has 1 heterocycles. The van der Waals surface area contributed by atoms with Crippen molar-refractivity contribution in [2.24, 2.45) is 0 Å². The van der Waals surface area contributed by atoms with Gasteiger partial charge in [0.05, 0.1) is 5.88 Å². The average molecular weight is 303 g/mol. The number of ether oxygens (including phenoxy) is 1. The van der Waals surface area contributed by atoms with Gasteiger partial charge in [0.1, 0.15) is 6.61 Å². The van der Waals surface area contributed by atoms with Crippen molar-refractivity contribution in [3.8, 4) is 0 Å². The number of carbonyl (C=O) groups excluding carboxylic acids is 2. The number of alkyl halides is 4. The van der Waals surface area contributed by atoms with Gasteiger partial charge in [0.2, 0.25) is 0 Å². The Bertz CT molecular complexity index is 330. The fourth-order valence-electron chi connectivity index (χ4n) is 1.69. The first kappa shape index (κ1) is 15.9. The van der Waals surface area contributed by atoms with Gasteiger partial charge in [-0.1, -0.05) is 0 Å². The number of amides is 2. The molecule has 2 amide bonds. The van der Waals surface area contributed by atoms with Gasteiger partial charge in [-0.3, -0.25) is 4.79 Å². The van der Waals surface area contributed by atoms with Crippen LogP contribution in [0.25, 0.3) is 0 Å². The Kier molecular flexibility index (Phi) is 5.71. The van der Waals surface area contributed by atoms with Crippen molar-refractivity contribution in [2.45, 2.75) is 25.1 Å². The molecule has 1 saturated heterocycles. The highest BCUT2D eigenvalue weighted by molar-refractivity contribution is 6.18. The van der Waals surface area contributed by atoms with E-state index >= 15 is 0 Å². The molecule has 1 rings (SSSR count). The Hall–Kier alpha value is -1.18. The lowest BCUT2D eigenvalue weighted by Gasteiger charge is -2.31. The lowest BCUT2D eigenvalue weighted by Crippen LogP contribution is -2.49. The Morgan fingerprint density at radius 2 is 1.89 bits per heavy atom. The van der Waals surface area contributed by atoms with Gasteiger partial charge in [-0.25, -0.2) is 4.79 Å². The van der Waals surface area contributed by atoms with E-state index in [-0.39, 0.29) is 38.4 Å². The maximum atomic E-state index is 12.0. The number of likely N-dealkylation sites (tertiary alicyclic amines) is 1. The molecule has 0 spiro atoms. The van der Waals surface area contributed by atoms with Crippen LogP contribution in [0.2, 0.25) is 0 Å². The van der Waals surface area contributed by atoms with Crippen LogP contribution < -0.4 is 5.32 Å². The third-order valence-corrected chi connectivity index (χ3v) is 2.80. The highest BCUT2D eigenvalue weighted by atomic mass is 35.5. The minimum absolute atomic E-state index is 0.0884. The number of rotatable bonds is 3. The van der Waals surface area contributed by atoms with E-state index in [4.69, 9.17) is 16.3 Å². The van der Waals surface area contributed by atoms with Crippen LogP contribution in [0.15, 0.2) is 0 Å². The van der Waals surface area contributed by atoms with Gasteiger partial charge in [-0.15, -0.1) is 11.6 Å². The molecule has 1 aliphatic rings. The maximum Gasteiger partial charge on any atom is 0.471 e. The zero-order valence-electron chi connectivity index (χ0n) is 10.0. The van der Waals surface area contributed by atoms with Crippen LogP contribution >= 0.6 is 11.6 Å². The van der Waals surface area contributed by atoms with Gasteiger partial charge in [0, 0.05) is 19.1 Å². The molecule has 0 aromatic heterocycles. The minimum atomic E-state index is -4.88. The van der Waals surface area contributed by atoms with Crippen molar-refractivity contribution in [2.75, 3.05) is 25.6 Å². The van der Waals surface area contributed by atoms with E-state index in [1.54, 1.807) is 0 Å². The van der Waals surface area contributed by atoms with E-state index < -0.39 is 24.2 Å². The predicted molar refractivity (Wildman–Crippen MR) is 60.9 cm³/mol. The van der Waals surface area contributed by atoms with Crippen LogP contribution in [-0.2, 0) is 9.53 Å². The Balaban J connectivity index is 2.33. The normalized spacial score (nSPS) is 17.2. The Morgan fingerprint density at radius 1 is 1.32 bits per heavy atom. The lowest BCUT2D eigenvalue weighted by molar-refractivity contribution is -0.174. The Labute approximate surface area is 113 Å². The van der Waals surface area contributed by atoms with Crippen LogP contribution in [0.1, 0.15) is 12.8 Å². The average Bonchev–Trinajstić information content (AvgIpc) is 2.35. The van der Waals surface area contributed by atoms with Gasteiger partial charge in [0.15, 0.2) is 0 Å². The number of nitrogens with one attached hydrogen (secondary N) is 1. The zero-order valence-corrected chi connectivity index (χ0v) is 10.8. The van der Waals surface area contributed by atoms with Crippen LogP contribution in [0, 0.1) is 0 Å². The second-order valence-electron chi connectivity index (χ2n) is 4.04. The van der Waals surface area contributed by atoms with E-state index in [2.05, 4.69) is 0 Å². The first-order valence-corrected chi connectivity index (χ1v) is 6.23. The number of nitrogens with zero attached hydrogens (tertiary/aromatic N) is 1. The molecule has 1 fully saturated rings. The third kappa shape index (κ3) is 5.14. The van der Waals surface area contributed by atoms with Crippen molar-refractivity contribution >= 4 is 23.6 Å². The molecule has 0 aromatic rings. The molecule has 5 nitrogen and oxygen atoms in total. The largest absolute Gasteiger partial charge is 0.471 e. The summed E-state index contributed by atoms with van der Waals surface area (Å²) in [6.45, 7) is 0.568. The molecule has 0 aromatic carbocycles. The van der Waals surface area contributed by atoms with E-state index in [0.717, 1.165) is 0 Å². The van der Waals surface area contributed by atoms with Crippen LogP contribution in [0.3, 0.4) is 0 Å². The fraction of sp³-hybridized carbons (Fsp3) is 0.800. The molecule has 0 aliphatic carbocycles. The first-order chi connectivity index (χ1) is 8.84. The summed E-state index contributed by atoms with van der Waals surface area (Å²) >= 11 is 5.36. The van der Waals surface area contributed by atoms with Crippen molar-refractivity contribution < 1.29 is 27.5 Å². The van der Waals surface area contributed by atoms with E-state index in [1.165, 1.54) is 4.90 Å². The number of hydrogen-bond donors (Lipinski definition) is 1. The summed E-state index contributed by atoms with van der Waals surface area (Å²) in [5.74, 6) is -1.76. The molecule has 0 atom stereocenters. The first-order valence-electron chi connectivity index (χ1n) is 5.70. The van der Waals surface area contributed by atoms with Crippen LogP contribution in [0.5, 0.6) is 0 Å².